The van der Waals surface area contributed by atoms with Gasteiger partial charge >= 0.3 is 0 Å². The molecule has 0 fully saturated rings. The van der Waals surface area contributed by atoms with Gasteiger partial charge in [-0.3, -0.25) is 4.79 Å². The second-order valence-electron chi connectivity index (χ2n) is 5.39. The third kappa shape index (κ3) is 3.83. The summed E-state index contributed by atoms with van der Waals surface area (Å²) >= 11 is 0. The maximum absolute atomic E-state index is 12.5. The fourth-order valence-corrected chi connectivity index (χ4v) is 3.98. The van der Waals surface area contributed by atoms with Gasteiger partial charge in [-0.05, 0) is 42.8 Å². The number of carbonyl (C=O) groups excluding carboxylic acids is 1. The number of nitrogens with zero attached hydrogens (tertiary/aromatic N) is 1. The van der Waals surface area contributed by atoms with Crippen molar-refractivity contribution < 1.29 is 13.2 Å². The Morgan fingerprint density at radius 3 is 2.21 bits per heavy atom. The van der Waals surface area contributed by atoms with Gasteiger partial charge in [0.15, 0.2) is 0 Å². The van der Waals surface area contributed by atoms with Crippen LogP contribution in [0.2, 0.25) is 0 Å². The molecule has 6 heteroatoms. The van der Waals surface area contributed by atoms with E-state index in [4.69, 9.17) is 0 Å². The predicted octanol–water partition coefficient (Wildman–Crippen LogP) is 3.28. The van der Waals surface area contributed by atoms with Crippen molar-refractivity contribution in [3.05, 3.63) is 59.7 Å². The fraction of sp³-hybridized carbons (Fsp3) is 0.278. The molecule has 0 spiro atoms. The van der Waals surface area contributed by atoms with Gasteiger partial charge in [-0.15, -0.1) is 0 Å². The van der Waals surface area contributed by atoms with Crippen molar-refractivity contribution in [1.82, 2.24) is 4.31 Å². The third-order valence-electron chi connectivity index (χ3n) is 3.83. The zero-order chi connectivity index (χ0) is 17.7. The Morgan fingerprint density at radius 1 is 1.04 bits per heavy atom. The van der Waals surface area contributed by atoms with Crippen LogP contribution in [0, 0.1) is 6.92 Å². The van der Waals surface area contributed by atoms with Crippen molar-refractivity contribution in [3.63, 3.8) is 0 Å². The average molecular weight is 346 g/mol. The van der Waals surface area contributed by atoms with Crippen LogP contribution in [-0.2, 0) is 10.0 Å². The highest BCUT2D eigenvalue weighted by molar-refractivity contribution is 7.89. The van der Waals surface area contributed by atoms with Crippen LogP contribution in [0.5, 0.6) is 0 Å². The first-order valence-corrected chi connectivity index (χ1v) is 9.31. The summed E-state index contributed by atoms with van der Waals surface area (Å²) in [6.45, 7) is 6.24. The number of carbonyl (C=O) groups is 1. The second-order valence-corrected chi connectivity index (χ2v) is 7.32. The summed E-state index contributed by atoms with van der Waals surface area (Å²) in [5, 5.41) is 2.81. The number of sulfonamides is 1. The van der Waals surface area contributed by atoms with Gasteiger partial charge < -0.3 is 5.32 Å². The first kappa shape index (κ1) is 18.2. The minimum atomic E-state index is -3.50. The molecule has 2 rings (SSSR count). The Bertz CT molecular complexity index is 813. The van der Waals surface area contributed by atoms with E-state index in [0.717, 1.165) is 0 Å². The van der Waals surface area contributed by atoms with E-state index in [0.29, 0.717) is 29.9 Å². The lowest BCUT2D eigenvalue weighted by atomic mass is 10.1. The molecule has 0 aliphatic heterocycles. The van der Waals surface area contributed by atoms with E-state index in [2.05, 4.69) is 5.32 Å². The number of amides is 1. The quantitative estimate of drug-likeness (QED) is 0.873. The SMILES string of the molecule is CCN(CC)S(=O)(=O)c1ccc(NC(=O)c2ccccc2)c(C)c1. The molecule has 24 heavy (non-hydrogen) atoms. The molecule has 0 aliphatic rings. The Balaban J connectivity index is 2.26. The van der Waals surface area contributed by atoms with Crippen LogP contribution >= 0.6 is 0 Å². The fourth-order valence-electron chi connectivity index (χ4n) is 2.43. The number of hydrogen-bond donors (Lipinski definition) is 1. The van der Waals surface area contributed by atoms with E-state index in [-0.39, 0.29) is 10.8 Å². The van der Waals surface area contributed by atoms with Crippen LogP contribution in [0.4, 0.5) is 5.69 Å². The van der Waals surface area contributed by atoms with Crippen LogP contribution in [0.25, 0.3) is 0 Å². The zero-order valence-electron chi connectivity index (χ0n) is 14.1. The minimum Gasteiger partial charge on any atom is -0.322 e. The highest BCUT2D eigenvalue weighted by Gasteiger charge is 2.22. The van der Waals surface area contributed by atoms with Crippen molar-refractivity contribution in [2.24, 2.45) is 0 Å². The standard InChI is InChI=1S/C18H22N2O3S/c1-4-20(5-2)24(22,23)16-11-12-17(14(3)13-16)19-18(21)15-9-7-6-8-10-15/h6-13H,4-5H2,1-3H3,(H,19,21). The molecule has 0 bridgehead atoms. The molecule has 0 saturated carbocycles. The lowest BCUT2D eigenvalue weighted by Crippen LogP contribution is -2.30. The van der Waals surface area contributed by atoms with Crippen molar-refractivity contribution in [1.29, 1.82) is 0 Å². The van der Waals surface area contributed by atoms with Crippen LogP contribution in [0.1, 0.15) is 29.8 Å². The van der Waals surface area contributed by atoms with E-state index in [1.807, 2.05) is 19.9 Å². The van der Waals surface area contributed by atoms with Gasteiger partial charge in [0.25, 0.3) is 5.91 Å². The molecule has 1 N–H and O–H groups in total. The van der Waals surface area contributed by atoms with E-state index in [1.54, 1.807) is 43.3 Å². The Hall–Kier alpha value is -2.18. The highest BCUT2D eigenvalue weighted by atomic mass is 32.2. The number of hydrogen-bond acceptors (Lipinski definition) is 3. The molecule has 0 aromatic heterocycles. The summed E-state index contributed by atoms with van der Waals surface area (Å²) in [7, 11) is -3.50. The smallest absolute Gasteiger partial charge is 0.255 e. The molecule has 0 unspecified atom stereocenters. The zero-order valence-corrected chi connectivity index (χ0v) is 14.9. The molecule has 2 aromatic carbocycles. The van der Waals surface area contributed by atoms with E-state index in [9.17, 15) is 13.2 Å². The predicted molar refractivity (Wildman–Crippen MR) is 95.7 cm³/mol. The van der Waals surface area contributed by atoms with Crippen LogP contribution in [-0.4, -0.2) is 31.7 Å². The molecular formula is C18H22N2O3S. The second kappa shape index (κ2) is 7.59. The number of benzene rings is 2. The molecule has 128 valence electrons. The van der Waals surface area contributed by atoms with Crippen molar-refractivity contribution in [2.45, 2.75) is 25.7 Å². The molecular weight excluding hydrogens is 324 g/mol. The summed E-state index contributed by atoms with van der Waals surface area (Å²) in [5.41, 5.74) is 1.85. The van der Waals surface area contributed by atoms with Gasteiger partial charge in [-0.25, -0.2) is 8.42 Å². The summed E-state index contributed by atoms with van der Waals surface area (Å²) < 4.78 is 26.5. The third-order valence-corrected chi connectivity index (χ3v) is 5.87. The first-order valence-electron chi connectivity index (χ1n) is 7.87. The van der Waals surface area contributed by atoms with Crippen LogP contribution < -0.4 is 5.32 Å². The Labute approximate surface area is 143 Å². The van der Waals surface area contributed by atoms with Gasteiger partial charge in [0.05, 0.1) is 4.90 Å². The number of nitrogens with one attached hydrogen (secondary N) is 1. The molecule has 5 nitrogen and oxygen atoms in total. The van der Waals surface area contributed by atoms with Gasteiger partial charge in [0.1, 0.15) is 0 Å². The van der Waals surface area contributed by atoms with Gasteiger partial charge in [-0.1, -0.05) is 32.0 Å². The molecule has 0 heterocycles. The average Bonchev–Trinajstić information content (AvgIpc) is 2.58. The molecule has 0 atom stereocenters. The molecule has 0 aliphatic carbocycles. The maximum Gasteiger partial charge on any atom is 0.255 e. The van der Waals surface area contributed by atoms with E-state index < -0.39 is 10.0 Å². The van der Waals surface area contributed by atoms with Gasteiger partial charge in [-0.2, -0.15) is 4.31 Å². The normalized spacial score (nSPS) is 11.5. The van der Waals surface area contributed by atoms with Gasteiger partial charge in [0, 0.05) is 24.3 Å². The Morgan fingerprint density at radius 2 is 1.67 bits per heavy atom. The number of anilines is 1. The molecule has 0 radical (unpaired) electrons. The monoisotopic (exact) mass is 346 g/mol. The lowest BCUT2D eigenvalue weighted by Gasteiger charge is -2.19. The van der Waals surface area contributed by atoms with Crippen molar-refractivity contribution in [3.8, 4) is 0 Å². The number of aryl methyl sites for hydroxylation is 1. The summed E-state index contributed by atoms with van der Waals surface area (Å²) in [6.07, 6.45) is 0. The largest absolute Gasteiger partial charge is 0.322 e. The van der Waals surface area contributed by atoms with Crippen molar-refractivity contribution >= 4 is 21.6 Å². The highest BCUT2D eigenvalue weighted by Crippen LogP contribution is 2.23. The van der Waals surface area contributed by atoms with E-state index in [1.165, 1.54) is 10.4 Å². The van der Waals surface area contributed by atoms with Gasteiger partial charge in [0.2, 0.25) is 10.0 Å². The molecule has 1 amide bonds. The summed E-state index contributed by atoms with van der Waals surface area (Å²) in [4.78, 5) is 12.4. The lowest BCUT2D eigenvalue weighted by molar-refractivity contribution is 0.102. The number of rotatable bonds is 6. The van der Waals surface area contributed by atoms with Crippen LogP contribution in [0.15, 0.2) is 53.4 Å². The van der Waals surface area contributed by atoms with Crippen LogP contribution in [0.3, 0.4) is 0 Å². The Kier molecular flexibility index (Phi) is 5.75. The molecule has 2 aromatic rings. The summed E-state index contributed by atoms with van der Waals surface area (Å²) in [5.74, 6) is -0.224. The topological polar surface area (TPSA) is 66.5 Å². The first-order chi connectivity index (χ1) is 11.4. The summed E-state index contributed by atoms with van der Waals surface area (Å²) in [6, 6.07) is 13.6. The van der Waals surface area contributed by atoms with E-state index >= 15 is 0 Å². The maximum atomic E-state index is 12.5. The minimum absolute atomic E-state index is 0.224. The van der Waals surface area contributed by atoms with Crippen molar-refractivity contribution in [2.75, 3.05) is 18.4 Å². The molecule has 0 saturated heterocycles.